The summed E-state index contributed by atoms with van der Waals surface area (Å²) < 4.78 is 5.59. The molecule has 4 rings (SSSR count). The van der Waals surface area contributed by atoms with Crippen LogP contribution in [0.15, 0.2) is 66.7 Å². The normalized spacial score (nSPS) is 15.0. The number of hydrogen-bond acceptors (Lipinski definition) is 4. The Balaban J connectivity index is 1.34. The monoisotopic (exact) mass is 459 g/mol. The highest BCUT2D eigenvalue weighted by molar-refractivity contribution is 5.91. The van der Waals surface area contributed by atoms with Crippen molar-refractivity contribution >= 4 is 22.6 Å². The van der Waals surface area contributed by atoms with Gasteiger partial charge in [-0.25, -0.2) is 0 Å². The fourth-order valence-electron chi connectivity index (χ4n) is 4.74. The zero-order valence-corrected chi connectivity index (χ0v) is 19.8. The van der Waals surface area contributed by atoms with Gasteiger partial charge in [0.15, 0.2) is 0 Å². The smallest absolute Gasteiger partial charge is 0.239 e. The summed E-state index contributed by atoms with van der Waals surface area (Å²) in [5.41, 5.74) is 2.03. The SMILES string of the molecule is COc1ccccc1C(CNC(=O)CNC(=O)Cc1cccc2ccccc12)N1CCCCC1. The maximum Gasteiger partial charge on any atom is 0.239 e. The van der Waals surface area contributed by atoms with E-state index < -0.39 is 0 Å². The molecule has 0 radical (unpaired) electrons. The van der Waals surface area contributed by atoms with Crippen LogP contribution in [-0.4, -0.2) is 50.0 Å². The van der Waals surface area contributed by atoms with Crippen molar-refractivity contribution in [3.63, 3.8) is 0 Å². The van der Waals surface area contributed by atoms with Crippen LogP contribution in [0.3, 0.4) is 0 Å². The third-order valence-corrected chi connectivity index (χ3v) is 6.50. The molecule has 3 aromatic rings. The number of methoxy groups -OCH3 is 1. The minimum Gasteiger partial charge on any atom is -0.496 e. The third kappa shape index (κ3) is 5.94. The van der Waals surface area contributed by atoms with Crippen molar-refractivity contribution in [2.75, 3.05) is 33.3 Å². The van der Waals surface area contributed by atoms with Crippen LogP contribution < -0.4 is 15.4 Å². The number of rotatable bonds is 9. The van der Waals surface area contributed by atoms with Crippen LogP contribution in [-0.2, 0) is 16.0 Å². The van der Waals surface area contributed by atoms with Gasteiger partial charge >= 0.3 is 0 Å². The topological polar surface area (TPSA) is 70.7 Å². The Labute approximate surface area is 201 Å². The van der Waals surface area contributed by atoms with Crippen LogP contribution in [0.25, 0.3) is 10.8 Å². The summed E-state index contributed by atoms with van der Waals surface area (Å²) in [6, 6.07) is 22.0. The number of piperidine rings is 1. The number of likely N-dealkylation sites (tertiary alicyclic amines) is 1. The second-order valence-corrected chi connectivity index (χ2v) is 8.75. The zero-order chi connectivity index (χ0) is 23.8. The first-order valence-corrected chi connectivity index (χ1v) is 12.0. The number of carbonyl (C=O) groups is 2. The minimum atomic E-state index is -0.192. The Bertz CT molecular complexity index is 1120. The summed E-state index contributed by atoms with van der Waals surface area (Å²) in [5, 5.41) is 7.96. The Hall–Kier alpha value is -3.38. The molecule has 34 heavy (non-hydrogen) atoms. The quantitative estimate of drug-likeness (QED) is 0.510. The molecule has 1 fully saturated rings. The molecule has 1 aliphatic heterocycles. The Morgan fingerprint density at radius 3 is 2.44 bits per heavy atom. The highest BCUT2D eigenvalue weighted by atomic mass is 16.5. The molecule has 1 heterocycles. The fraction of sp³-hybridized carbons (Fsp3) is 0.357. The van der Waals surface area contributed by atoms with E-state index in [1.807, 2.05) is 60.7 Å². The number of para-hydroxylation sites is 1. The van der Waals surface area contributed by atoms with Crippen molar-refractivity contribution in [3.05, 3.63) is 77.9 Å². The van der Waals surface area contributed by atoms with Gasteiger partial charge in [0.25, 0.3) is 0 Å². The number of benzene rings is 3. The predicted molar refractivity (Wildman–Crippen MR) is 135 cm³/mol. The van der Waals surface area contributed by atoms with E-state index in [1.54, 1.807) is 7.11 Å². The third-order valence-electron chi connectivity index (χ3n) is 6.50. The molecule has 0 spiro atoms. The second-order valence-electron chi connectivity index (χ2n) is 8.75. The highest BCUT2D eigenvalue weighted by Crippen LogP contribution is 2.30. The standard InChI is InChI=1S/C28H33N3O3/c1-34-26-15-6-5-14-24(26)25(31-16-7-2-8-17-31)19-29-28(33)20-30-27(32)18-22-12-9-11-21-10-3-4-13-23(21)22/h3-6,9-15,25H,2,7-8,16-20H2,1H3,(H,29,33)(H,30,32). The molecule has 0 aromatic heterocycles. The van der Waals surface area contributed by atoms with E-state index in [1.165, 1.54) is 6.42 Å². The van der Waals surface area contributed by atoms with Crippen molar-refractivity contribution < 1.29 is 14.3 Å². The van der Waals surface area contributed by atoms with Gasteiger partial charge in [-0.2, -0.15) is 0 Å². The number of nitrogens with zero attached hydrogens (tertiary/aromatic N) is 1. The van der Waals surface area contributed by atoms with Gasteiger partial charge in [0, 0.05) is 12.1 Å². The molecule has 0 aliphatic carbocycles. The molecule has 178 valence electrons. The average molecular weight is 460 g/mol. The average Bonchev–Trinajstić information content (AvgIpc) is 2.89. The largest absolute Gasteiger partial charge is 0.496 e. The molecule has 3 aromatic carbocycles. The molecule has 2 amide bonds. The Morgan fingerprint density at radius 1 is 0.882 bits per heavy atom. The van der Waals surface area contributed by atoms with Gasteiger partial charge in [-0.15, -0.1) is 0 Å². The lowest BCUT2D eigenvalue weighted by Gasteiger charge is -2.35. The van der Waals surface area contributed by atoms with Crippen molar-refractivity contribution in [2.45, 2.75) is 31.7 Å². The van der Waals surface area contributed by atoms with Crippen molar-refractivity contribution in [3.8, 4) is 5.75 Å². The van der Waals surface area contributed by atoms with Crippen LogP contribution in [0, 0.1) is 0 Å². The van der Waals surface area contributed by atoms with Gasteiger partial charge in [-0.3, -0.25) is 14.5 Å². The maximum atomic E-state index is 12.6. The van der Waals surface area contributed by atoms with Gasteiger partial charge in [0.1, 0.15) is 5.75 Å². The van der Waals surface area contributed by atoms with Crippen LogP contribution in [0.5, 0.6) is 5.75 Å². The molecule has 6 heteroatoms. The number of hydrogen-bond donors (Lipinski definition) is 2. The lowest BCUT2D eigenvalue weighted by molar-refractivity contribution is -0.125. The van der Waals surface area contributed by atoms with E-state index in [2.05, 4.69) is 21.6 Å². The van der Waals surface area contributed by atoms with Gasteiger partial charge in [-0.05, 0) is 48.3 Å². The van der Waals surface area contributed by atoms with Gasteiger partial charge < -0.3 is 15.4 Å². The summed E-state index contributed by atoms with van der Waals surface area (Å²) in [4.78, 5) is 27.6. The minimum absolute atomic E-state index is 0.0341. The van der Waals surface area contributed by atoms with E-state index in [0.29, 0.717) is 6.54 Å². The van der Waals surface area contributed by atoms with E-state index in [0.717, 1.165) is 53.6 Å². The Kier molecular flexibility index (Phi) is 8.15. The van der Waals surface area contributed by atoms with Crippen LogP contribution >= 0.6 is 0 Å². The zero-order valence-electron chi connectivity index (χ0n) is 19.8. The van der Waals surface area contributed by atoms with Gasteiger partial charge in [0.05, 0.1) is 26.1 Å². The van der Waals surface area contributed by atoms with Crippen molar-refractivity contribution in [1.29, 1.82) is 0 Å². The molecule has 6 nitrogen and oxygen atoms in total. The van der Waals surface area contributed by atoms with Gasteiger partial charge in [0.2, 0.25) is 11.8 Å². The molecular formula is C28H33N3O3. The number of carbonyl (C=O) groups excluding carboxylic acids is 2. The molecule has 2 N–H and O–H groups in total. The molecule has 1 saturated heterocycles. The number of amides is 2. The highest BCUT2D eigenvalue weighted by Gasteiger charge is 2.25. The second kappa shape index (κ2) is 11.7. The number of nitrogens with one attached hydrogen (secondary N) is 2. The summed E-state index contributed by atoms with van der Waals surface area (Å²) >= 11 is 0. The number of fused-ring (bicyclic) bond motifs is 1. The van der Waals surface area contributed by atoms with Gasteiger partial charge in [-0.1, -0.05) is 67.1 Å². The van der Waals surface area contributed by atoms with Crippen molar-refractivity contribution in [2.24, 2.45) is 0 Å². The summed E-state index contributed by atoms with van der Waals surface area (Å²) in [6.07, 6.45) is 3.80. The first kappa shape index (κ1) is 23.8. The predicted octanol–water partition coefficient (Wildman–Crippen LogP) is 3.85. The lowest BCUT2D eigenvalue weighted by Crippen LogP contribution is -2.43. The van der Waals surface area contributed by atoms with Crippen LogP contribution in [0.4, 0.5) is 0 Å². The van der Waals surface area contributed by atoms with Crippen LogP contribution in [0.2, 0.25) is 0 Å². The molecular weight excluding hydrogens is 426 g/mol. The van der Waals surface area contributed by atoms with E-state index in [9.17, 15) is 9.59 Å². The molecule has 1 atom stereocenters. The molecule has 0 bridgehead atoms. The summed E-state index contributed by atoms with van der Waals surface area (Å²) in [7, 11) is 1.68. The first-order valence-electron chi connectivity index (χ1n) is 12.0. The summed E-state index contributed by atoms with van der Waals surface area (Å²) in [5.74, 6) is 0.475. The fourth-order valence-corrected chi connectivity index (χ4v) is 4.74. The summed E-state index contributed by atoms with van der Waals surface area (Å²) in [6.45, 7) is 2.43. The maximum absolute atomic E-state index is 12.6. The van der Waals surface area contributed by atoms with E-state index in [-0.39, 0.29) is 30.8 Å². The number of ether oxygens (including phenoxy) is 1. The Morgan fingerprint density at radius 2 is 1.62 bits per heavy atom. The lowest BCUT2D eigenvalue weighted by atomic mass is 10.0. The molecule has 0 saturated carbocycles. The van der Waals surface area contributed by atoms with E-state index >= 15 is 0 Å². The van der Waals surface area contributed by atoms with Crippen LogP contribution in [0.1, 0.15) is 36.4 Å². The first-order chi connectivity index (χ1) is 16.7. The van der Waals surface area contributed by atoms with E-state index in [4.69, 9.17) is 4.74 Å². The molecule has 1 unspecified atom stereocenters. The molecule has 1 aliphatic rings. The van der Waals surface area contributed by atoms with Crippen molar-refractivity contribution in [1.82, 2.24) is 15.5 Å².